The van der Waals surface area contributed by atoms with Crippen molar-refractivity contribution in [3.8, 4) is 5.75 Å². The molecule has 0 radical (unpaired) electrons. The van der Waals surface area contributed by atoms with Gasteiger partial charge in [0.1, 0.15) is 17.9 Å². The molecule has 0 aromatic heterocycles. The van der Waals surface area contributed by atoms with Gasteiger partial charge >= 0.3 is 12.6 Å². The van der Waals surface area contributed by atoms with Crippen molar-refractivity contribution >= 4 is 27.8 Å². The molecule has 126 valence electrons. The Morgan fingerprint density at radius 3 is 2.38 bits per heavy atom. The topological polar surface area (TPSA) is 78.6 Å². The molecule has 0 aliphatic rings. The molecule has 2 aromatic rings. The second-order valence-corrected chi connectivity index (χ2v) is 5.57. The summed E-state index contributed by atoms with van der Waals surface area (Å²) in [4.78, 5) is 23.1. The number of ether oxygens (including phenoxy) is 2. The van der Waals surface area contributed by atoms with Crippen molar-refractivity contribution in [3.63, 3.8) is 0 Å². The lowest BCUT2D eigenvalue weighted by atomic mass is 10.1. The summed E-state index contributed by atoms with van der Waals surface area (Å²) in [6, 6.07) is 10.2. The first kappa shape index (κ1) is 17.9. The van der Waals surface area contributed by atoms with Crippen LogP contribution in [0.25, 0.3) is 0 Å². The van der Waals surface area contributed by atoms with Crippen molar-refractivity contribution in [2.24, 2.45) is 5.73 Å². The Morgan fingerprint density at radius 2 is 1.79 bits per heavy atom. The standard InChI is InChI=1S/C16H12BrF2NO4/c17-11-5-6-13(24-16(18)19)12(7-11)15(22)23-8-9-1-3-10(4-2-9)14(20)21/h1-7,16H,8H2,(H2,20,21). The number of hydrogen-bond donors (Lipinski definition) is 1. The predicted molar refractivity (Wildman–Crippen MR) is 84.9 cm³/mol. The van der Waals surface area contributed by atoms with Crippen LogP contribution in [0, 0.1) is 0 Å². The highest BCUT2D eigenvalue weighted by molar-refractivity contribution is 9.10. The number of benzene rings is 2. The van der Waals surface area contributed by atoms with Crippen LogP contribution in [0.4, 0.5) is 8.78 Å². The molecule has 0 saturated carbocycles. The Morgan fingerprint density at radius 1 is 1.12 bits per heavy atom. The first-order chi connectivity index (χ1) is 11.4. The number of hydrogen-bond acceptors (Lipinski definition) is 4. The summed E-state index contributed by atoms with van der Waals surface area (Å²) in [6.45, 7) is -3.16. The van der Waals surface area contributed by atoms with Gasteiger partial charge in [-0.1, -0.05) is 28.1 Å². The summed E-state index contributed by atoms with van der Waals surface area (Å²) < 4.78 is 34.7. The summed E-state index contributed by atoms with van der Waals surface area (Å²) in [5, 5.41) is 0. The lowest BCUT2D eigenvalue weighted by molar-refractivity contribution is -0.0505. The van der Waals surface area contributed by atoms with E-state index in [4.69, 9.17) is 10.5 Å². The third-order valence-corrected chi connectivity index (χ3v) is 3.48. The number of rotatable bonds is 6. The SMILES string of the molecule is NC(=O)c1ccc(COC(=O)c2cc(Br)ccc2OC(F)F)cc1. The fourth-order valence-corrected chi connectivity index (χ4v) is 2.21. The van der Waals surface area contributed by atoms with Crippen LogP contribution in [0.1, 0.15) is 26.3 Å². The van der Waals surface area contributed by atoms with E-state index in [-0.39, 0.29) is 17.9 Å². The Labute approximate surface area is 144 Å². The van der Waals surface area contributed by atoms with Gasteiger partial charge in [-0.3, -0.25) is 4.79 Å². The van der Waals surface area contributed by atoms with E-state index < -0.39 is 18.5 Å². The molecule has 24 heavy (non-hydrogen) atoms. The highest BCUT2D eigenvalue weighted by Gasteiger charge is 2.18. The summed E-state index contributed by atoms with van der Waals surface area (Å²) in [6.07, 6.45) is 0. The second kappa shape index (κ2) is 7.87. The highest BCUT2D eigenvalue weighted by Crippen LogP contribution is 2.26. The maximum atomic E-state index is 12.4. The van der Waals surface area contributed by atoms with E-state index in [9.17, 15) is 18.4 Å². The Balaban J connectivity index is 2.09. The molecule has 2 rings (SSSR count). The molecule has 2 aromatic carbocycles. The molecule has 0 spiro atoms. The van der Waals surface area contributed by atoms with Crippen molar-refractivity contribution in [2.75, 3.05) is 0 Å². The van der Waals surface area contributed by atoms with Gasteiger partial charge in [-0.2, -0.15) is 8.78 Å². The third kappa shape index (κ3) is 4.76. The van der Waals surface area contributed by atoms with Gasteiger partial charge in [0.15, 0.2) is 0 Å². The number of carbonyl (C=O) groups excluding carboxylic acids is 2. The van der Waals surface area contributed by atoms with Crippen molar-refractivity contribution in [2.45, 2.75) is 13.2 Å². The van der Waals surface area contributed by atoms with Crippen molar-refractivity contribution < 1.29 is 27.8 Å². The molecule has 8 heteroatoms. The maximum Gasteiger partial charge on any atom is 0.387 e. The van der Waals surface area contributed by atoms with Gasteiger partial charge in [0, 0.05) is 10.0 Å². The van der Waals surface area contributed by atoms with E-state index in [0.717, 1.165) is 0 Å². The predicted octanol–water partition coefficient (Wildman–Crippen LogP) is 3.51. The minimum absolute atomic E-state index is 0.0987. The molecule has 0 bridgehead atoms. The van der Waals surface area contributed by atoms with Crippen LogP contribution < -0.4 is 10.5 Å². The number of esters is 1. The van der Waals surface area contributed by atoms with Gasteiger partial charge in [-0.25, -0.2) is 4.79 Å². The average molecular weight is 400 g/mol. The monoisotopic (exact) mass is 399 g/mol. The fraction of sp³-hybridized carbons (Fsp3) is 0.125. The molecule has 0 atom stereocenters. The first-order valence-corrected chi connectivity index (χ1v) is 7.46. The van der Waals surface area contributed by atoms with Gasteiger partial charge in [0.05, 0.1) is 0 Å². The van der Waals surface area contributed by atoms with Crippen LogP contribution >= 0.6 is 15.9 Å². The maximum absolute atomic E-state index is 12.4. The van der Waals surface area contributed by atoms with Crippen LogP contribution in [0.15, 0.2) is 46.9 Å². The number of carbonyl (C=O) groups is 2. The van der Waals surface area contributed by atoms with Crippen LogP contribution in [-0.2, 0) is 11.3 Å². The first-order valence-electron chi connectivity index (χ1n) is 6.67. The van der Waals surface area contributed by atoms with E-state index in [2.05, 4.69) is 20.7 Å². The molecular weight excluding hydrogens is 388 g/mol. The van der Waals surface area contributed by atoms with E-state index in [1.165, 1.54) is 30.3 Å². The van der Waals surface area contributed by atoms with Crippen molar-refractivity contribution in [1.29, 1.82) is 0 Å². The summed E-state index contributed by atoms with van der Waals surface area (Å²) in [5.74, 6) is -1.66. The van der Waals surface area contributed by atoms with Crippen molar-refractivity contribution in [1.82, 2.24) is 0 Å². The number of amides is 1. The van der Waals surface area contributed by atoms with Gasteiger partial charge < -0.3 is 15.2 Å². The van der Waals surface area contributed by atoms with Gasteiger partial charge in [-0.05, 0) is 35.9 Å². The summed E-state index contributed by atoms with van der Waals surface area (Å²) >= 11 is 3.15. The quantitative estimate of drug-likeness (QED) is 0.753. The Hall–Kier alpha value is -2.48. The van der Waals surface area contributed by atoms with Crippen LogP contribution in [0.5, 0.6) is 5.75 Å². The van der Waals surface area contributed by atoms with Crippen LogP contribution in [-0.4, -0.2) is 18.5 Å². The molecule has 1 amide bonds. The zero-order chi connectivity index (χ0) is 17.7. The molecule has 0 aliphatic carbocycles. The second-order valence-electron chi connectivity index (χ2n) is 4.66. The molecular formula is C16H12BrF2NO4. The van der Waals surface area contributed by atoms with Crippen molar-refractivity contribution in [3.05, 3.63) is 63.6 Å². The fourth-order valence-electron chi connectivity index (χ4n) is 1.85. The van der Waals surface area contributed by atoms with E-state index >= 15 is 0 Å². The molecule has 0 heterocycles. The smallest absolute Gasteiger partial charge is 0.387 e. The number of alkyl halides is 2. The van der Waals surface area contributed by atoms with Gasteiger partial charge in [-0.15, -0.1) is 0 Å². The molecule has 0 aliphatic heterocycles. The molecule has 5 nitrogen and oxygen atoms in total. The normalized spacial score (nSPS) is 10.5. The number of halogens is 3. The van der Waals surface area contributed by atoms with Gasteiger partial charge in [0.25, 0.3) is 0 Å². The minimum Gasteiger partial charge on any atom is -0.457 e. The number of primary amides is 1. The van der Waals surface area contributed by atoms with Crippen LogP contribution in [0.2, 0.25) is 0 Å². The van der Waals surface area contributed by atoms with Gasteiger partial charge in [0.2, 0.25) is 5.91 Å². The zero-order valence-corrected chi connectivity index (χ0v) is 13.8. The van der Waals surface area contributed by atoms with E-state index in [1.54, 1.807) is 12.1 Å². The van der Waals surface area contributed by atoms with E-state index in [1.807, 2.05) is 0 Å². The van der Waals surface area contributed by atoms with E-state index in [0.29, 0.717) is 15.6 Å². The molecule has 0 saturated heterocycles. The summed E-state index contributed by atoms with van der Waals surface area (Å²) in [5.41, 5.74) is 5.94. The highest BCUT2D eigenvalue weighted by atomic mass is 79.9. The lowest BCUT2D eigenvalue weighted by Crippen LogP contribution is -2.12. The molecule has 0 unspecified atom stereocenters. The number of nitrogens with two attached hydrogens (primary N) is 1. The third-order valence-electron chi connectivity index (χ3n) is 2.99. The largest absolute Gasteiger partial charge is 0.457 e. The Kier molecular flexibility index (Phi) is 5.86. The summed E-state index contributed by atoms with van der Waals surface area (Å²) in [7, 11) is 0. The minimum atomic E-state index is -3.06. The zero-order valence-electron chi connectivity index (χ0n) is 12.2. The Bertz CT molecular complexity index is 750. The van der Waals surface area contributed by atoms with Crippen LogP contribution in [0.3, 0.4) is 0 Å². The molecule has 0 fully saturated rings. The molecule has 2 N–H and O–H groups in total. The lowest BCUT2D eigenvalue weighted by Gasteiger charge is -2.11. The average Bonchev–Trinajstić information content (AvgIpc) is 2.54.